The van der Waals surface area contributed by atoms with Gasteiger partial charge in [0.2, 0.25) is 0 Å². The average molecular weight is 208 g/mol. The van der Waals surface area contributed by atoms with Gasteiger partial charge in [0.05, 0.1) is 12.3 Å². The predicted octanol–water partition coefficient (Wildman–Crippen LogP) is 2.02. The SMILES string of the molecule is CNC1CCN([C@H](C)c2ccco2)CC1. The Hall–Kier alpha value is -0.800. The quantitative estimate of drug-likeness (QED) is 0.824. The summed E-state index contributed by atoms with van der Waals surface area (Å²) in [4.78, 5) is 2.49. The van der Waals surface area contributed by atoms with E-state index in [1.165, 1.54) is 12.8 Å². The molecule has 1 aliphatic rings. The van der Waals surface area contributed by atoms with Gasteiger partial charge in [-0.15, -0.1) is 0 Å². The molecule has 1 aromatic heterocycles. The van der Waals surface area contributed by atoms with Gasteiger partial charge in [-0.3, -0.25) is 4.90 Å². The van der Waals surface area contributed by atoms with E-state index in [0.717, 1.165) is 18.8 Å². The lowest BCUT2D eigenvalue weighted by atomic mass is 10.0. The molecule has 0 spiro atoms. The van der Waals surface area contributed by atoms with E-state index in [2.05, 4.69) is 30.3 Å². The Morgan fingerprint density at radius 1 is 1.47 bits per heavy atom. The Balaban J connectivity index is 1.90. The first-order valence-corrected chi connectivity index (χ1v) is 5.76. The van der Waals surface area contributed by atoms with Crippen molar-refractivity contribution in [1.29, 1.82) is 0 Å². The maximum absolute atomic E-state index is 5.44. The largest absolute Gasteiger partial charge is 0.468 e. The van der Waals surface area contributed by atoms with Crippen LogP contribution in [0.3, 0.4) is 0 Å². The maximum atomic E-state index is 5.44. The summed E-state index contributed by atoms with van der Waals surface area (Å²) in [5.41, 5.74) is 0. The van der Waals surface area contributed by atoms with Crippen LogP contribution in [0.25, 0.3) is 0 Å². The summed E-state index contributed by atoms with van der Waals surface area (Å²) in [6.45, 7) is 4.54. The molecule has 1 aliphatic heterocycles. The highest BCUT2D eigenvalue weighted by molar-refractivity contribution is 5.04. The monoisotopic (exact) mass is 208 g/mol. The van der Waals surface area contributed by atoms with Crippen LogP contribution in [0.15, 0.2) is 22.8 Å². The third-order valence-electron chi connectivity index (χ3n) is 3.44. The van der Waals surface area contributed by atoms with Crippen molar-refractivity contribution < 1.29 is 4.42 Å². The van der Waals surface area contributed by atoms with Gasteiger partial charge in [0, 0.05) is 19.1 Å². The zero-order valence-corrected chi connectivity index (χ0v) is 9.57. The summed E-state index contributed by atoms with van der Waals surface area (Å²) in [6.07, 6.45) is 4.23. The number of piperidine rings is 1. The summed E-state index contributed by atoms with van der Waals surface area (Å²) < 4.78 is 5.44. The topological polar surface area (TPSA) is 28.4 Å². The number of nitrogens with zero attached hydrogens (tertiary/aromatic N) is 1. The first-order chi connectivity index (χ1) is 7.31. The highest BCUT2D eigenvalue weighted by Crippen LogP contribution is 2.24. The van der Waals surface area contributed by atoms with Crippen molar-refractivity contribution in [2.24, 2.45) is 0 Å². The first-order valence-electron chi connectivity index (χ1n) is 5.76. The molecule has 3 nitrogen and oxygen atoms in total. The number of likely N-dealkylation sites (tertiary alicyclic amines) is 1. The third-order valence-corrected chi connectivity index (χ3v) is 3.44. The first kappa shape index (κ1) is 10.7. The second-order valence-electron chi connectivity index (χ2n) is 4.29. The number of hydrogen-bond donors (Lipinski definition) is 1. The lowest BCUT2D eigenvalue weighted by molar-refractivity contribution is 0.140. The van der Waals surface area contributed by atoms with Crippen molar-refractivity contribution in [1.82, 2.24) is 10.2 Å². The fourth-order valence-electron chi connectivity index (χ4n) is 2.28. The molecular weight excluding hydrogens is 188 g/mol. The van der Waals surface area contributed by atoms with Gasteiger partial charge >= 0.3 is 0 Å². The standard InChI is InChI=1S/C12H20N2O/c1-10(12-4-3-9-15-12)14-7-5-11(13-2)6-8-14/h3-4,9-11,13H,5-8H2,1-2H3/t10-/m1/s1. The van der Waals surface area contributed by atoms with Crippen LogP contribution in [0, 0.1) is 0 Å². The summed E-state index contributed by atoms with van der Waals surface area (Å²) in [7, 11) is 2.05. The van der Waals surface area contributed by atoms with E-state index in [1.54, 1.807) is 6.26 Å². The molecule has 84 valence electrons. The molecule has 2 heterocycles. The molecule has 0 aromatic carbocycles. The summed E-state index contributed by atoms with van der Waals surface area (Å²) in [5, 5.41) is 3.35. The lowest BCUT2D eigenvalue weighted by Crippen LogP contribution is -2.42. The van der Waals surface area contributed by atoms with Crippen LogP contribution >= 0.6 is 0 Å². The predicted molar refractivity (Wildman–Crippen MR) is 60.8 cm³/mol. The Morgan fingerprint density at radius 2 is 2.20 bits per heavy atom. The van der Waals surface area contributed by atoms with Gasteiger partial charge in [0.15, 0.2) is 0 Å². The van der Waals surface area contributed by atoms with Gasteiger partial charge in [0.1, 0.15) is 5.76 Å². The number of furan rings is 1. The van der Waals surface area contributed by atoms with Crippen LogP contribution < -0.4 is 5.32 Å². The van der Waals surface area contributed by atoms with Gasteiger partial charge in [-0.25, -0.2) is 0 Å². The van der Waals surface area contributed by atoms with Crippen molar-refractivity contribution in [2.45, 2.75) is 31.8 Å². The Kier molecular flexibility index (Phi) is 3.44. The second-order valence-corrected chi connectivity index (χ2v) is 4.29. The number of hydrogen-bond acceptors (Lipinski definition) is 3. The van der Waals surface area contributed by atoms with E-state index in [1.807, 2.05) is 6.07 Å². The van der Waals surface area contributed by atoms with Gasteiger partial charge in [0.25, 0.3) is 0 Å². The molecule has 1 atom stereocenters. The molecule has 1 saturated heterocycles. The summed E-state index contributed by atoms with van der Waals surface area (Å²) in [6, 6.07) is 5.14. The smallest absolute Gasteiger partial charge is 0.120 e. The van der Waals surface area contributed by atoms with Gasteiger partial charge < -0.3 is 9.73 Å². The Bertz CT molecular complexity index is 276. The minimum Gasteiger partial charge on any atom is -0.468 e. The Labute approximate surface area is 91.4 Å². The van der Waals surface area contributed by atoms with Gasteiger partial charge in [-0.1, -0.05) is 0 Å². The zero-order chi connectivity index (χ0) is 10.7. The second kappa shape index (κ2) is 4.81. The van der Waals surface area contributed by atoms with Gasteiger partial charge in [-0.05, 0) is 38.9 Å². The molecule has 1 fully saturated rings. The lowest BCUT2D eigenvalue weighted by Gasteiger charge is -2.35. The fraction of sp³-hybridized carbons (Fsp3) is 0.667. The molecule has 0 aliphatic carbocycles. The molecule has 0 unspecified atom stereocenters. The van der Waals surface area contributed by atoms with E-state index in [9.17, 15) is 0 Å². The van der Waals surface area contributed by atoms with Crippen molar-refractivity contribution in [3.05, 3.63) is 24.2 Å². The van der Waals surface area contributed by atoms with Crippen molar-refractivity contribution >= 4 is 0 Å². The maximum Gasteiger partial charge on any atom is 0.120 e. The van der Waals surface area contributed by atoms with Crippen molar-refractivity contribution in [3.8, 4) is 0 Å². The van der Waals surface area contributed by atoms with Crippen LogP contribution in [0.1, 0.15) is 31.6 Å². The molecule has 15 heavy (non-hydrogen) atoms. The van der Waals surface area contributed by atoms with E-state index >= 15 is 0 Å². The van der Waals surface area contributed by atoms with Crippen LogP contribution in [0.2, 0.25) is 0 Å². The molecule has 0 radical (unpaired) electrons. The molecule has 0 bridgehead atoms. The van der Waals surface area contributed by atoms with E-state index in [4.69, 9.17) is 4.42 Å². The molecule has 0 amide bonds. The van der Waals surface area contributed by atoms with E-state index in [0.29, 0.717) is 12.1 Å². The van der Waals surface area contributed by atoms with Crippen LogP contribution in [0.4, 0.5) is 0 Å². The zero-order valence-electron chi connectivity index (χ0n) is 9.57. The van der Waals surface area contributed by atoms with Crippen molar-refractivity contribution in [3.63, 3.8) is 0 Å². The molecule has 2 rings (SSSR count). The minimum absolute atomic E-state index is 0.415. The van der Waals surface area contributed by atoms with Crippen LogP contribution in [-0.2, 0) is 0 Å². The average Bonchev–Trinajstić information content (AvgIpc) is 2.82. The fourth-order valence-corrected chi connectivity index (χ4v) is 2.28. The minimum atomic E-state index is 0.415. The molecule has 0 saturated carbocycles. The molecule has 3 heteroatoms. The number of nitrogens with one attached hydrogen (secondary N) is 1. The number of rotatable bonds is 3. The van der Waals surface area contributed by atoms with Crippen molar-refractivity contribution in [2.75, 3.05) is 20.1 Å². The molecule has 1 aromatic rings. The highest BCUT2D eigenvalue weighted by atomic mass is 16.3. The van der Waals surface area contributed by atoms with Crippen LogP contribution in [0.5, 0.6) is 0 Å². The summed E-state index contributed by atoms with van der Waals surface area (Å²) >= 11 is 0. The van der Waals surface area contributed by atoms with E-state index in [-0.39, 0.29) is 0 Å². The van der Waals surface area contributed by atoms with E-state index < -0.39 is 0 Å². The highest BCUT2D eigenvalue weighted by Gasteiger charge is 2.23. The molecule has 1 N–H and O–H groups in total. The Morgan fingerprint density at radius 3 is 2.73 bits per heavy atom. The van der Waals surface area contributed by atoms with Crippen LogP contribution in [-0.4, -0.2) is 31.1 Å². The normalized spacial score (nSPS) is 21.7. The molecular formula is C12H20N2O. The summed E-state index contributed by atoms with van der Waals surface area (Å²) in [5.74, 6) is 1.08. The van der Waals surface area contributed by atoms with Gasteiger partial charge in [-0.2, -0.15) is 0 Å². The third kappa shape index (κ3) is 2.41.